The van der Waals surface area contributed by atoms with Gasteiger partial charge in [-0.25, -0.2) is 0 Å². The predicted molar refractivity (Wildman–Crippen MR) is 108 cm³/mol. The molecule has 2 aromatic rings. The highest BCUT2D eigenvalue weighted by Crippen LogP contribution is 2.39. The second kappa shape index (κ2) is 8.26. The molecular formula is C20H21N3O3S. The highest BCUT2D eigenvalue weighted by molar-refractivity contribution is 7.99. The van der Waals surface area contributed by atoms with Gasteiger partial charge in [-0.2, -0.15) is 4.98 Å². The molecule has 2 heterocycles. The third-order valence-electron chi connectivity index (χ3n) is 4.28. The summed E-state index contributed by atoms with van der Waals surface area (Å²) in [6.07, 6.45) is 3.56. The maximum Gasteiger partial charge on any atom is 0.279 e. The van der Waals surface area contributed by atoms with E-state index in [1.54, 1.807) is 23.8 Å². The molecule has 1 aliphatic rings. The topological polar surface area (TPSA) is 73.2 Å². The Morgan fingerprint density at radius 1 is 1.33 bits per heavy atom. The fourth-order valence-corrected chi connectivity index (χ4v) is 3.81. The van der Waals surface area contributed by atoms with Gasteiger partial charge in [-0.05, 0) is 6.07 Å². The number of hydrogen-bond donors (Lipinski definition) is 1. The van der Waals surface area contributed by atoms with E-state index in [0.717, 1.165) is 5.56 Å². The van der Waals surface area contributed by atoms with E-state index in [0.29, 0.717) is 34.6 Å². The number of amides is 1. The first-order chi connectivity index (χ1) is 13.1. The standard InChI is InChI=1S/C20H21N3O3S/c1-4-10-26-15-9-7-6-8-13(15)14-12-16(24)21-18-17(14)19(25)22-20(23(18)3)27-11-5-2/h4-9,14H,1-2,10-12H2,3H3,(H,21,24)/t14-/m1/s1. The Morgan fingerprint density at radius 3 is 2.85 bits per heavy atom. The number of fused-ring (bicyclic) bond motifs is 1. The van der Waals surface area contributed by atoms with Crippen LogP contribution in [0, 0.1) is 0 Å². The molecule has 27 heavy (non-hydrogen) atoms. The van der Waals surface area contributed by atoms with E-state index < -0.39 is 5.92 Å². The Bertz CT molecular complexity index is 952. The summed E-state index contributed by atoms with van der Waals surface area (Å²) in [7, 11) is 1.79. The van der Waals surface area contributed by atoms with Gasteiger partial charge in [0.05, 0.1) is 5.56 Å². The fourth-order valence-electron chi connectivity index (χ4n) is 3.11. The van der Waals surface area contributed by atoms with Crippen molar-refractivity contribution in [2.24, 2.45) is 7.05 Å². The molecule has 0 radical (unpaired) electrons. The van der Waals surface area contributed by atoms with Crippen molar-refractivity contribution in [2.45, 2.75) is 17.5 Å². The van der Waals surface area contributed by atoms with Crippen molar-refractivity contribution in [1.82, 2.24) is 9.55 Å². The summed E-state index contributed by atoms with van der Waals surface area (Å²) >= 11 is 1.39. The molecule has 140 valence electrons. The van der Waals surface area contributed by atoms with Gasteiger partial charge in [0.15, 0.2) is 5.16 Å². The van der Waals surface area contributed by atoms with Crippen LogP contribution in [0.4, 0.5) is 5.82 Å². The minimum atomic E-state index is -0.417. The van der Waals surface area contributed by atoms with Crippen LogP contribution in [0.25, 0.3) is 0 Å². The van der Waals surface area contributed by atoms with E-state index in [1.165, 1.54) is 11.8 Å². The number of benzene rings is 1. The summed E-state index contributed by atoms with van der Waals surface area (Å²) in [6, 6.07) is 7.44. The molecule has 0 unspecified atom stereocenters. The molecule has 6 nitrogen and oxygen atoms in total. The van der Waals surface area contributed by atoms with Crippen molar-refractivity contribution in [3.63, 3.8) is 0 Å². The molecule has 1 aliphatic heterocycles. The quantitative estimate of drug-likeness (QED) is 0.452. The molecule has 1 amide bonds. The first kappa shape index (κ1) is 19.0. The molecule has 1 atom stereocenters. The van der Waals surface area contributed by atoms with Gasteiger partial charge in [0.1, 0.15) is 18.2 Å². The number of nitrogens with zero attached hydrogens (tertiary/aromatic N) is 2. The average Bonchev–Trinajstić information content (AvgIpc) is 2.67. The maximum absolute atomic E-state index is 12.8. The summed E-state index contributed by atoms with van der Waals surface area (Å²) < 4.78 is 7.49. The summed E-state index contributed by atoms with van der Waals surface area (Å²) in [4.78, 5) is 29.5. The largest absolute Gasteiger partial charge is 0.489 e. The minimum absolute atomic E-state index is 0.146. The van der Waals surface area contributed by atoms with Crippen molar-refractivity contribution in [3.05, 3.63) is 71.1 Å². The van der Waals surface area contributed by atoms with Crippen molar-refractivity contribution in [1.29, 1.82) is 0 Å². The molecule has 7 heteroatoms. The Kier molecular flexibility index (Phi) is 5.81. The molecule has 1 aromatic carbocycles. The lowest BCUT2D eigenvalue weighted by molar-refractivity contribution is -0.116. The number of nitrogens with one attached hydrogen (secondary N) is 1. The average molecular weight is 383 g/mol. The zero-order valence-electron chi connectivity index (χ0n) is 15.1. The van der Waals surface area contributed by atoms with Crippen LogP contribution in [-0.2, 0) is 11.8 Å². The van der Waals surface area contributed by atoms with E-state index in [-0.39, 0.29) is 17.9 Å². The third-order valence-corrected chi connectivity index (χ3v) is 5.31. The zero-order valence-corrected chi connectivity index (χ0v) is 15.9. The molecule has 0 fully saturated rings. The molecule has 0 saturated carbocycles. The van der Waals surface area contributed by atoms with Crippen LogP contribution in [0.1, 0.15) is 23.5 Å². The molecule has 0 bridgehead atoms. The lowest BCUT2D eigenvalue weighted by atomic mass is 9.86. The van der Waals surface area contributed by atoms with E-state index in [1.807, 2.05) is 24.3 Å². The second-order valence-electron chi connectivity index (χ2n) is 6.06. The van der Waals surface area contributed by atoms with Crippen LogP contribution in [0.3, 0.4) is 0 Å². The predicted octanol–water partition coefficient (Wildman–Crippen LogP) is 3.10. The molecule has 1 N–H and O–H groups in total. The third kappa shape index (κ3) is 3.83. The Hall–Kier alpha value is -2.80. The second-order valence-corrected chi connectivity index (χ2v) is 7.05. The molecule has 3 rings (SSSR count). The van der Waals surface area contributed by atoms with Gasteiger partial charge in [0.25, 0.3) is 5.56 Å². The van der Waals surface area contributed by atoms with E-state index in [4.69, 9.17) is 4.74 Å². The highest BCUT2D eigenvalue weighted by Gasteiger charge is 2.33. The summed E-state index contributed by atoms with van der Waals surface area (Å²) in [6.45, 7) is 7.69. The zero-order chi connectivity index (χ0) is 19.4. The minimum Gasteiger partial charge on any atom is -0.489 e. The van der Waals surface area contributed by atoms with Crippen molar-refractivity contribution in [3.8, 4) is 5.75 Å². The van der Waals surface area contributed by atoms with Crippen LogP contribution in [0.2, 0.25) is 0 Å². The van der Waals surface area contributed by atoms with Gasteiger partial charge < -0.3 is 14.6 Å². The Labute approximate surface area is 162 Å². The first-order valence-corrected chi connectivity index (χ1v) is 9.52. The molecule has 0 aliphatic carbocycles. The monoisotopic (exact) mass is 383 g/mol. The van der Waals surface area contributed by atoms with Gasteiger partial charge in [0, 0.05) is 30.7 Å². The lowest BCUT2D eigenvalue weighted by Gasteiger charge is -2.28. The number of anilines is 1. The van der Waals surface area contributed by atoms with Gasteiger partial charge in [-0.3, -0.25) is 9.59 Å². The Balaban J connectivity index is 2.13. The van der Waals surface area contributed by atoms with Gasteiger partial charge in [-0.15, -0.1) is 6.58 Å². The van der Waals surface area contributed by atoms with Crippen molar-refractivity contribution in [2.75, 3.05) is 17.7 Å². The van der Waals surface area contributed by atoms with Gasteiger partial charge >= 0.3 is 0 Å². The van der Waals surface area contributed by atoms with Crippen molar-refractivity contribution < 1.29 is 9.53 Å². The number of rotatable bonds is 7. The SMILES string of the molecule is C=CCOc1ccccc1[C@H]1CC(=O)Nc2c1c(=O)nc(SCC=C)n2C. The fraction of sp³-hybridized carbons (Fsp3) is 0.250. The van der Waals surface area contributed by atoms with Crippen LogP contribution in [0.5, 0.6) is 5.75 Å². The van der Waals surface area contributed by atoms with E-state index in [2.05, 4.69) is 23.5 Å². The van der Waals surface area contributed by atoms with Crippen LogP contribution in [-0.4, -0.2) is 27.8 Å². The van der Waals surface area contributed by atoms with Crippen LogP contribution >= 0.6 is 11.8 Å². The number of carbonyl (C=O) groups is 1. The number of para-hydroxylation sites is 1. The Morgan fingerprint density at radius 2 is 2.11 bits per heavy atom. The van der Waals surface area contributed by atoms with Crippen molar-refractivity contribution >= 4 is 23.5 Å². The highest BCUT2D eigenvalue weighted by atomic mass is 32.2. The molecular weight excluding hydrogens is 362 g/mol. The van der Waals surface area contributed by atoms with Crippen LogP contribution < -0.4 is 15.6 Å². The molecule has 1 aromatic heterocycles. The van der Waals surface area contributed by atoms with Gasteiger partial charge in [0.2, 0.25) is 5.91 Å². The molecule has 0 spiro atoms. The summed E-state index contributed by atoms with van der Waals surface area (Å²) in [5.74, 6) is 1.18. The summed E-state index contributed by atoms with van der Waals surface area (Å²) in [5.41, 5.74) is 0.939. The number of hydrogen-bond acceptors (Lipinski definition) is 5. The molecule has 0 saturated heterocycles. The maximum atomic E-state index is 12.8. The normalized spacial score (nSPS) is 15.6. The number of carbonyl (C=O) groups excluding carboxylic acids is 1. The van der Waals surface area contributed by atoms with E-state index >= 15 is 0 Å². The van der Waals surface area contributed by atoms with Gasteiger partial charge in [-0.1, -0.05) is 48.7 Å². The first-order valence-electron chi connectivity index (χ1n) is 8.53. The smallest absolute Gasteiger partial charge is 0.279 e. The number of aromatic nitrogens is 2. The number of ether oxygens (including phenoxy) is 1. The number of thioether (sulfide) groups is 1. The summed E-state index contributed by atoms with van der Waals surface area (Å²) in [5, 5.41) is 3.37. The van der Waals surface area contributed by atoms with E-state index in [9.17, 15) is 9.59 Å². The lowest BCUT2D eigenvalue weighted by Crippen LogP contribution is -2.33. The van der Waals surface area contributed by atoms with Crippen LogP contribution in [0.15, 0.2) is 59.5 Å².